The third-order valence-electron chi connectivity index (χ3n) is 3.30. The first-order valence-corrected chi connectivity index (χ1v) is 6.16. The minimum Gasteiger partial charge on any atom is -0.464 e. The fraction of sp³-hybridized carbons (Fsp3) is 0.615. The van der Waals surface area contributed by atoms with Gasteiger partial charge in [-0.25, -0.2) is 4.79 Å². The Kier molecular flexibility index (Phi) is 5.37. The van der Waals surface area contributed by atoms with Crippen LogP contribution in [-0.4, -0.2) is 35.3 Å². The number of hydrogen-bond donors (Lipinski definition) is 3. The normalized spacial score (nSPS) is 14.2. The Morgan fingerprint density at radius 2 is 2.28 bits per heavy atom. The molecule has 5 heteroatoms. The second kappa shape index (κ2) is 6.56. The van der Waals surface area contributed by atoms with E-state index in [1.165, 1.54) is 7.11 Å². The van der Waals surface area contributed by atoms with Gasteiger partial charge in [0, 0.05) is 24.4 Å². The largest absolute Gasteiger partial charge is 0.464 e. The molecule has 102 valence electrons. The van der Waals surface area contributed by atoms with Crippen molar-refractivity contribution < 1.29 is 14.6 Å². The molecule has 1 atom stereocenters. The number of ether oxygens (including phenoxy) is 1. The lowest BCUT2D eigenvalue weighted by atomic mass is 9.95. The molecule has 0 saturated carbocycles. The fourth-order valence-electron chi connectivity index (χ4n) is 1.72. The van der Waals surface area contributed by atoms with Crippen molar-refractivity contribution in [2.75, 3.05) is 13.7 Å². The first-order chi connectivity index (χ1) is 8.54. The average molecular weight is 254 g/mol. The number of carbonyl (C=O) groups is 1. The maximum Gasteiger partial charge on any atom is 0.354 e. The first-order valence-electron chi connectivity index (χ1n) is 6.16. The van der Waals surface area contributed by atoms with E-state index in [4.69, 9.17) is 5.11 Å². The van der Waals surface area contributed by atoms with Crippen molar-refractivity contribution in [2.24, 2.45) is 0 Å². The summed E-state index contributed by atoms with van der Waals surface area (Å²) in [7, 11) is 1.36. The van der Waals surface area contributed by atoms with Crippen LogP contribution in [0.5, 0.6) is 0 Å². The van der Waals surface area contributed by atoms with Crippen molar-refractivity contribution >= 4 is 5.97 Å². The number of nitrogens with one attached hydrogen (secondary N) is 2. The van der Waals surface area contributed by atoms with E-state index in [2.05, 4.69) is 28.9 Å². The summed E-state index contributed by atoms with van der Waals surface area (Å²) in [6.45, 7) is 4.95. The molecule has 0 amide bonds. The lowest BCUT2D eigenvalue weighted by Gasteiger charge is -2.28. The van der Waals surface area contributed by atoms with Gasteiger partial charge in [0.05, 0.1) is 7.11 Å². The van der Waals surface area contributed by atoms with Gasteiger partial charge in [0.25, 0.3) is 0 Å². The Morgan fingerprint density at radius 1 is 1.56 bits per heavy atom. The highest BCUT2D eigenvalue weighted by molar-refractivity contribution is 5.87. The van der Waals surface area contributed by atoms with Crippen molar-refractivity contribution in [2.45, 2.75) is 38.8 Å². The van der Waals surface area contributed by atoms with Crippen molar-refractivity contribution in [3.05, 3.63) is 23.5 Å². The van der Waals surface area contributed by atoms with Crippen LogP contribution < -0.4 is 5.32 Å². The Morgan fingerprint density at radius 3 is 2.83 bits per heavy atom. The van der Waals surface area contributed by atoms with E-state index in [9.17, 15) is 4.79 Å². The highest BCUT2D eigenvalue weighted by atomic mass is 16.5. The van der Waals surface area contributed by atoms with E-state index in [0.29, 0.717) is 18.7 Å². The van der Waals surface area contributed by atoms with Gasteiger partial charge in [0.15, 0.2) is 0 Å². The molecule has 1 aromatic rings. The SMILES string of the molecule is CCC(C)(CCO)NCc1ccc(C(=O)OC)[nH]1. The van der Waals surface area contributed by atoms with Gasteiger partial charge in [-0.2, -0.15) is 0 Å². The van der Waals surface area contributed by atoms with Crippen LogP contribution in [0.15, 0.2) is 12.1 Å². The molecular formula is C13H22N2O3. The van der Waals surface area contributed by atoms with E-state index in [1.54, 1.807) is 6.07 Å². The molecule has 0 aliphatic carbocycles. The second-order valence-electron chi connectivity index (χ2n) is 4.63. The molecule has 0 bridgehead atoms. The summed E-state index contributed by atoms with van der Waals surface area (Å²) in [5, 5.41) is 12.4. The maximum absolute atomic E-state index is 11.3. The van der Waals surface area contributed by atoms with Gasteiger partial charge >= 0.3 is 5.97 Å². The fourth-order valence-corrected chi connectivity index (χ4v) is 1.72. The average Bonchev–Trinajstić information content (AvgIpc) is 2.85. The quantitative estimate of drug-likeness (QED) is 0.644. The number of aliphatic hydroxyl groups excluding tert-OH is 1. The molecule has 1 rings (SSSR count). The summed E-state index contributed by atoms with van der Waals surface area (Å²) in [4.78, 5) is 14.3. The Balaban J connectivity index is 2.57. The van der Waals surface area contributed by atoms with Crippen molar-refractivity contribution in [3.8, 4) is 0 Å². The number of carbonyl (C=O) groups excluding carboxylic acids is 1. The molecule has 1 heterocycles. The minimum atomic E-state index is -0.366. The highest BCUT2D eigenvalue weighted by Crippen LogP contribution is 2.15. The molecule has 0 saturated heterocycles. The second-order valence-corrected chi connectivity index (χ2v) is 4.63. The van der Waals surface area contributed by atoms with Crippen LogP contribution in [0.4, 0.5) is 0 Å². The first kappa shape index (κ1) is 14.7. The molecule has 0 aromatic carbocycles. The summed E-state index contributed by atoms with van der Waals surface area (Å²) in [6, 6.07) is 3.56. The Labute approximate surface area is 108 Å². The van der Waals surface area contributed by atoms with Gasteiger partial charge < -0.3 is 20.1 Å². The van der Waals surface area contributed by atoms with Crippen LogP contribution in [0, 0.1) is 0 Å². The molecule has 0 spiro atoms. The van der Waals surface area contributed by atoms with Crippen LogP contribution in [0.3, 0.4) is 0 Å². The zero-order valence-electron chi connectivity index (χ0n) is 11.2. The predicted molar refractivity (Wildman–Crippen MR) is 69.4 cm³/mol. The van der Waals surface area contributed by atoms with Crippen molar-refractivity contribution in [3.63, 3.8) is 0 Å². The third-order valence-corrected chi connectivity index (χ3v) is 3.30. The smallest absolute Gasteiger partial charge is 0.354 e. The Bertz CT molecular complexity index is 389. The molecule has 1 unspecified atom stereocenters. The lowest BCUT2D eigenvalue weighted by Crippen LogP contribution is -2.42. The summed E-state index contributed by atoms with van der Waals surface area (Å²) < 4.78 is 4.63. The van der Waals surface area contributed by atoms with E-state index >= 15 is 0 Å². The zero-order valence-corrected chi connectivity index (χ0v) is 11.2. The molecule has 0 aliphatic heterocycles. The van der Waals surface area contributed by atoms with E-state index < -0.39 is 0 Å². The van der Waals surface area contributed by atoms with Crippen molar-refractivity contribution in [1.29, 1.82) is 0 Å². The summed E-state index contributed by atoms with van der Waals surface area (Å²) in [5.74, 6) is -0.366. The number of aromatic nitrogens is 1. The molecule has 5 nitrogen and oxygen atoms in total. The number of rotatable bonds is 7. The van der Waals surface area contributed by atoms with Gasteiger partial charge in [-0.05, 0) is 31.9 Å². The number of aromatic amines is 1. The lowest BCUT2D eigenvalue weighted by molar-refractivity contribution is 0.0594. The van der Waals surface area contributed by atoms with E-state index in [-0.39, 0.29) is 18.1 Å². The molecule has 0 radical (unpaired) electrons. The molecule has 0 aliphatic rings. The standard InChI is InChI=1S/C13H22N2O3/c1-4-13(2,7-8-16)14-9-10-5-6-11(15-10)12(17)18-3/h5-6,14-16H,4,7-9H2,1-3H3. The number of hydrogen-bond acceptors (Lipinski definition) is 4. The van der Waals surface area contributed by atoms with Crippen LogP contribution in [-0.2, 0) is 11.3 Å². The van der Waals surface area contributed by atoms with Gasteiger partial charge in [-0.3, -0.25) is 0 Å². The molecule has 3 N–H and O–H groups in total. The van der Waals surface area contributed by atoms with Crippen LogP contribution >= 0.6 is 0 Å². The summed E-state index contributed by atoms with van der Waals surface area (Å²) in [6.07, 6.45) is 1.63. The van der Waals surface area contributed by atoms with Gasteiger partial charge in [-0.15, -0.1) is 0 Å². The minimum absolute atomic E-state index is 0.0920. The summed E-state index contributed by atoms with van der Waals surface area (Å²) >= 11 is 0. The monoisotopic (exact) mass is 254 g/mol. The van der Waals surface area contributed by atoms with Crippen LogP contribution in [0.2, 0.25) is 0 Å². The molecular weight excluding hydrogens is 232 g/mol. The topological polar surface area (TPSA) is 74.3 Å². The number of aliphatic hydroxyl groups is 1. The van der Waals surface area contributed by atoms with Gasteiger partial charge in [0.1, 0.15) is 5.69 Å². The Hall–Kier alpha value is -1.33. The maximum atomic E-state index is 11.3. The predicted octanol–water partition coefficient (Wildman–Crippen LogP) is 1.44. The van der Waals surface area contributed by atoms with Gasteiger partial charge in [0.2, 0.25) is 0 Å². The number of esters is 1. The summed E-state index contributed by atoms with van der Waals surface area (Å²) in [5.41, 5.74) is 1.29. The number of methoxy groups -OCH3 is 1. The van der Waals surface area contributed by atoms with Crippen molar-refractivity contribution in [1.82, 2.24) is 10.3 Å². The van der Waals surface area contributed by atoms with E-state index in [1.807, 2.05) is 6.07 Å². The molecule has 18 heavy (non-hydrogen) atoms. The molecule has 1 aromatic heterocycles. The van der Waals surface area contributed by atoms with Crippen LogP contribution in [0.1, 0.15) is 42.9 Å². The zero-order chi connectivity index (χ0) is 13.6. The third kappa shape index (κ3) is 3.85. The number of H-pyrrole nitrogens is 1. The highest BCUT2D eigenvalue weighted by Gasteiger charge is 2.20. The molecule has 0 fully saturated rings. The van der Waals surface area contributed by atoms with Gasteiger partial charge in [-0.1, -0.05) is 6.92 Å². The van der Waals surface area contributed by atoms with E-state index in [0.717, 1.165) is 12.1 Å². The van der Waals surface area contributed by atoms with Crippen LogP contribution in [0.25, 0.3) is 0 Å².